The topological polar surface area (TPSA) is 70.2 Å². The second-order valence-corrected chi connectivity index (χ2v) is 9.98. The molecule has 28 heavy (non-hydrogen) atoms. The van der Waals surface area contributed by atoms with Gasteiger partial charge in [0.15, 0.2) is 0 Å². The summed E-state index contributed by atoms with van der Waals surface area (Å²) in [6.45, 7) is 5.24. The molecule has 0 radical (unpaired) electrons. The summed E-state index contributed by atoms with van der Waals surface area (Å²) in [7, 11) is -3.27. The Morgan fingerprint density at radius 3 is 2.75 bits per heavy atom. The van der Waals surface area contributed by atoms with Gasteiger partial charge in [0.05, 0.1) is 36.1 Å². The molecule has 1 aromatic rings. The van der Waals surface area contributed by atoms with E-state index in [-0.39, 0.29) is 23.3 Å². The van der Waals surface area contributed by atoms with Crippen molar-refractivity contribution in [2.24, 2.45) is 0 Å². The highest BCUT2D eigenvalue weighted by Crippen LogP contribution is 2.37. The highest BCUT2D eigenvalue weighted by molar-refractivity contribution is 7.89. The van der Waals surface area contributed by atoms with Crippen LogP contribution < -0.4 is 0 Å². The number of benzene rings is 1. The van der Waals surface area contributed by atoms with Gasteiger partial charge in [0, 0.05) is 32.7 Å². The lowest BCUT2D eigenvalue weighted by atomic mass is 9.84. The van der Waals surface area contributed by atoms with Crippen molar-refractivity contribution in [3.63, 3.8) is 0 Å². The second-order valence-electron chi connectivity index (χ2n) is 7.90. The normalized spacial score (nSPS) is 25.4. The van der Waals surface area contributed by atoms with E-state index in [9.17, 15) is 17.6 Å². The molecule has 154 valence electrons. The SMILES string of the molecule is CCCS(=O)(=O)N1CC2(CN(C(=O)c3ccccc3F)C[C@@H]3COCCN32)C1. The Balaban J connectivity index is 1.58. The van der Waals surface area contributed by atoms with E-state index in [0.29, 0.717) is 52.4 Å². The molecule has 3 aliphatic heterocycles. The highest BCUT2D eigenvalue weighted by atomic mass is 32.2. The summed E-state index contributed by atoms with van der Waals surface area (Å²) in [6.07, 6.45) is 0.573. The molecule has 3 saturated heterocycles. The molecular formula is C19H26FN3O4S. The van der Waals surface area contributed by atoms with Crippen LogP contribution in [-0.2, 0) is 14.8 Å². The molecule has 3 fully saturated rings. The minimum Gasteiger partial charge on any atom is -0.378 e. The fourth-order valence-corrected chi connectivity index (χ4v) is 6.28. The summed E-state index contributed by atoms with van der Waals surface area (Å²) in [5, 5.41) is 0. The van der Waals surface area contributed by atoms with Gasteiger partial charge in [-0.2, -0.15) is 4.31 Å². The molecule has 3 heterocycles. The van der Waals surface area contributed by atoms with Gasteiger partial charge in [0.1, 0.15) is 5.82 Å². The molecule has 4 rings (SSSR count). The van der Waals surface area contributed by atoms with Crippen molar-refractivity contribution >= 4 is 15.9 Å². The number of amides is 1. The van der Waals surface area contributed by atoms with Crippen molar-refractivity contribution in [3.05, 3.63) is 35.6 Å². The summed E-state index contributed by atoms with van der Waals surface area (Å²) in [5.74, 6) is -0.754. The van der Waals surface area contributed by atoms with E-state index < -0.39 is 21.4 Å². The summed E-state index contributed by atoms with van der Waals surface area (Å²) in [6, 6.07) is 5.98. The molecule has 9 heteroatoms. The van der Waals surface area contributed by atoms with Crippen LogP contribution >= 0.6 is 0 Å². The van der Waals surface area contributed by atoms with Crippen LogP contribution in [0.5, 0.6) is 0 Å². The Bertz CT molecular complexity index is 856. The number of carbonyl (C=O) groups is 1. The molecular weight excluding hydrogens is 385 g/mol. The third-order valence-electron chi connectivity index (χ3n) is 5.94. The molecule has 1 amide bonds. The van der Waals surface area contributed by atoms with E-state index in [4.69, 9.17) is 4.74 Å². The molecule has 0 saturated carbocycles. The van der Waals surface area contributed by atoms with Crippen LogP contribution in [0, 0.1) is 5.82 Å². The number of hydrogen-bond donors (Lipinski definition) is 0. The van der Waals surface area contributed by atoms with Crippen LogP contribution in [0.1, 0.15) is 23.7 Å². The average molecular weight is 411 g/mol. The van der Waals surface area contributed by atoms with E-state index in [0.717, 1.165) is 0 Å². The molecule has 0 aliphatic carbocycles. The van der Waals surface area contributed by atoms with Gasteiger partial charge in [-0.25, -0.2) is 12.8 Å². The number of nitrogens with zero attached hydrogens (tertiary/aromatic N) is 3. The van der Waals surface area contributed by atoms with Crippen LogP contribution in [0.3, 0.4) is 0 Å². The van der Waals surface area contributed by atoms with E-state index in [2.05, 4.69) is 4.90 Å². The monoisotopic (exact) mass is 411 g/mol. The maximum Gasteiger partial charge on any atom is 0.256 e. The number of carbonyl (C=O) groups excluding carboxylic acids is 1. The van der Waals surface area contributed by atoms with Gasteiger partial charge in [-0.05, 0) is 18.6 Å². The van der Waals surface area contributed by atoms with E-state index in [1.54, 1.807) is 17.0 Å². The number of hydrogen-bond acceptors (Lipinski definition) is 5. The lowest BCUT2D eigenvalue weighted by Crippen LogP contribution is -2.81. The Hall–Kier alpha value is -1.55. The van der Waals surface area contributed by atoms with Crippen molar-refractivity contribution in [2.45, 2.75) is 24.9 Å². The first-order valence-corrected chi connectivity index (χ1v) is 11.3. The number of piperazine rings is 1. The molecule has 7 nitrogen and oxygen atoms in total. The minimum absolute atomic E-state index is 0.00532. The first-order valence-electron chi connectivity index (χ1n) is 9.72. The van der Waals surface area contributed by atoms with E-state index >= 15 is 0 Å². The molecule has 0 bridgehead atoms. The zero-order valence-electron chi connectivity index (χ0n) is 16.0. The number of ether oxygens (including phenoxy) is 1. The Kier molecular flexibility index (Phi) is 5.20. The van der Waals surface area contributed by atoms with Crippen molar-refractivity contribution in [1.82, 2.24) is 14.1 Å². The number of halogens is 1. The minimum atomic E-state index is -3.27. The van der Waals surface area contributed by atoms with Crippen molar-refractivity contribution < 1.29 is 22.3 Å². The molecule has 0 unspecified atom stereocenters. The van der Waals surface area contributed by atoms with Crippen LogP contribution in [0.2, 0.25) is 0 Å². The van der Waals surface area contributed by atoms with Gasteiger partial charge in [-0.1, -0.05) is 19.1 Å². The first-order chi connectivity index (χ1) is 13.4. The number of fused-ring (bicyclic) bond motifs is 2. The predicted molar refractivity (Wildman–Crippen MR) is 102 cm³/mol. The van der Waals surface area contributed by atoms with Gasteiger partial charge in [0.25, 0.3) is 5.91 Å². The number of rotatable bonds is 4. The third-order valence-corrected chi connectivity index (χ3v) is 7.91. The van der Waals surface area contributed by atoms with Crippen LogP contribution in [0.25, 0.3) is 0 Å². The molecule has 1 spiro atoms. The Morgan fingerprint density at radius 2 is 2.04 bits per heavy atom. The number of morpholine rings is 1. The zero-order chi connectivity index (χ0) is 19.9. The standard InChI is InChI=1S/C19H26FN3O4S/c1-2-9-28(25,26)22-13-19(14-22)12-21(10-15-11-27-8-7-23(15)19)18(24)16-5-3-4-6-17(16)20/h3-6,15H,2,7-14H2,1H3/t15-/m1/s1. The predicted octanol–water partition coefficient (Wildman–Crippen LogP) is 0.777. The fourth-order valence-electron chi connectivity index (χ4n) is 4.63. The van der Waals surface area contributed by atoms with Crippen LogP contribution in [-0.4, -0.2) is 91.7 Å². The summed E-state index contributed by atoms with van der Waals surface area (Å²) < 4.78 is 46.1. The first kappa shape index (κ1) is 19.8. The van der Waals surface area contributed by atoms with E-state index in [1.165, 1.54) is 16.4 Å². The number of sulfonamides is 1. The van der Waals surface area contributed by atoms with Gasteiger partial charge >= 0.3 is 0 Å². The zero-order valence-corrected chi connectivity index (χ0v) is 16.8. The van der Waals surface area contributed by atoms with Crippen molar-refractivity contribution in [2.75, 3.05) is 51.7 Å². The van der Waals surface area contributed by atoms with Crippen molar-refractivity contribution in [1.29, 1.82) is 0 Å². The Morgan fingerprint density at radius 1 is 1.29 bits per heavy atom. The third kappa shape index (κ3) is 3.34. The second kappa shape index (κ2) is 7.37. The molecule has 3 aliphatic rings. The maximum absolute atomic E-state index is 14.1. The van der Waals surface area contributed by atoms with Gasteiger partial charge in [0.2, 0.25) is 10.0 Å². The molecule has 1 atom stereocenters. The van der Waals surface area contributed by atoms with Gasteiger partial charge in [-0.15, -0.1) is 0 Å². The van der Waals surface area contributed by atoms with E-state index in [1.807, 2.05) is 6.92 Å². The van der Waals surface area contributed by atoms with Crippen LogP contribution in [0.15, 0.2) is 24.3 Å². The quantitative estimate of drug-likeness (QED) is 0.732. The summed E-state index contributed by atoms with van der Waals surface area (Å²) in [5.41, 5.74) is -0.369. The Labute approximate surface area is 165 Å². The van der Waals surface area contributed by atoms with Gasteiger partial charge in [-0.3, -0.25) is 9.69 Å². The largest absolute Gasteiger partial charge is 0.378 e. The maximum atomic E-state index is 14.1. The highest BCUT2D eigenvalue weighted by Gasteiger charge is 2.57. The molecule has 0 N–H and O–H groups in total. The lowest BCUT2D eigenvalue weighted by molar-refractivity contribution is -0.141. The van der Waals surface area contributed by atoms with Gasteiger partial charge < -0.3 is 9.64 Å². The smallest absolute Gasteiger partial charge is 0.256 e. The molecule has 0 aromatic heterocycles. The fraction of sp³-hybridized carbons (Fsp3) is 0.632. The summed E-state index contributed by atoms with van der Waals surface area (Å²) in [4.78, 5) is 17.0. The van der Waals surface area contributed by atoms with Crippen molar-refractivity contribution in [3.8, 4) is 0 Å². The van der Waals surface area contributed by atoms with Crippen LogP contribution in [0.4, 0.5) is 4.39 Å². The molecule has 1 aromatic carbocycles. The lowest BCUT2D eigenvalue weighted by Gasteiger charge is -2.62. The average Bonchev–Trinajstić information content (AvgIpc) is 2.65. The summed E-state index contributed by atoms with van der Waals surface area (Å²) >= 11 is 0.